The van der Waals surface area contributed by atoms with Gasteiger partial charge in [0.2, 0.25) is 0 Å². The Labute approximate surface area is 146 Å². The second-order valence-electron chi connectivity index (χ2n) is 5.71. The minimum absolute atomic E-state index is 0.220. The van der Waals surface area contributed by atoms with Gasteiger partial charge in [-0.15, -0.1) is 0 Å². The summed E-state index contributed by atoms with van der Waals surface area (Å²) < 4.78 is 0. The van der Waals surface area contributed by atoms with E-state index in [0.717, 1.165) is 34.5 Å². The predicted octanol–water partition coefficient (Wildman–Crippen LogP) is 3.31. The van der Waals surface area contributed by atoms with E-state index in [2.05, 4.69) is 28.3 Å². The highest BCUT2D eigenvalue weighted by Gasteiger charge is 2.10. The lowest BCUT2D eigenvalue weighted by molar-refractivity contribution is 0.0958. The third-order valence-electron chi connectivity index (χ3n) is 4.10. The SMILES string of the molecule is CCc1ccc(N)cc1-c1ccnc(-c2ccnc(C(=O)NC)c2)c1. The molecule has 25 heavy (non-hydrogen) atoms. The second-order valence-corrected chi connectivity index (χ2v) is 5.71. The molecule has 0 radical (unpaired) electrons. The van der Waals surface area contributed by atoms with Gasteiger partial charge in [-0.05, 0) is 59.5 Å². The number of carbonyl (C=O) groups is 1. The van der Waals surface area contributed by atoms with Gasteiger partial charge in [0, 0.05) is 30.7 Å². The molecule has 0 fully saturated rings. The molecule has 0 aliphatic rings. The quantitative estimate of drug-likeness (QED) is 0.718. The van der Waals surface area contributed by atoms with Crippen LogP contribution in [0.3, 0.4) is 0 Å². The first-order valence-electron chi connectivity index (χ1n) is 8.15. The van der Waals surface area contributed by atoms with Crippen molar-refractivity contribution in [3.8, 4) is 22.4 Å². The Bertz CT molecular complexity index is 921. The maximum Gasteiger partial charge on any atom is 0.269 e. The highest BCUT2D eigenvalue weighted by Crippen LogP contribution is 2.29. The normalized spacial score (nSPS) is 10.5. The summed E-state index contributed by atoms with van der Waals surface area (Å²) in [4.78, 5) is 20.3. The molecule has 5 heteroatoms. The lowest BCUT2D eigenvalue weighted by Crippen LogP contribution is -2.19. The number of carbonyl (C=O) groups excluding carboxylic acids is 1. The summed E-state index contributed by atoms with van der Waals surface area (Å²) in [6, 6.07) is 13.5. The Kier molecular flexibility index (Phi) is 4.75. The number of nitrogens with zero attached hydrogens (tertiary/aromatic N) is 2. The number of nitrogens with two attached hydrogens (primary N) is 1. The standard InChI is InChI=1S/C20H20N4O/c1-3-13-4-5-16(21)12-17(13)14-6-8-23-18(10-14)15-7-9-24-19(11-15)20(25)22-2/h4-12H,3,21H2,1-2H3,(H,22,25). The van der Waals surface area contributed by atoms with Crippen molar-refractivity contribution in [3.05, 3.63) is 66.1 Å². The third-order valence-corrected chi connectivity index (χ3v) is 4.10. The Hall–Kier alpha value is -3.21. The molecule has 0 atom stereocenters. The van der Waals surface area contributed by atoms with Crippen LogP contribution < -0.4 is 11.1 Å². The van der Waals surface area contributed by atoms with Gasteiger partial charge < -0.3 is 11.1 Å². The second kappa shape index (κ2) is 7.13. The summed E-state index contributed by atoms with van der Waals surface area (Å²) in [5.74, 6) is -0.220. The van der Waals surface area contributed by atoms with Crippen molar-refractivity contribution in [3.63, 3.8) is 0 Å². The van der Waals surface area contributed by atoms with Crippen LogP contribution in [0.4, 0.5) is 5.69 Å². The van der Waals surface area contributed by atoms with Crippen molar-refractivity contribution < 1.29 is 4.79 Å². The molecule has 0 unspecified atom stereocenters. The first-order chi connectivity index (χ1) is 12.1. The van der Waals surface area contributed by atoms with E-state index in [9.17, 15) is 4.79 Å². The van der Waals surface area contributed by atoms with Gasteiger partial charge >= 0.3 is 0 Å². The number of pyridine rings is 2. The molecular weight excluding hydrogens is 312 g/mol. The van der Waals surface area contributed by atoms with Gasteiger partial charge in [-0.25, -0.2) is 0 Å². The zero-order chi connectivity index (χ0) is 17.8. The third kappa shape index (κ3) is 3.50. The van der Waals surface area contributed by atoms with Crippen LogP contribution in [-0.4, -0.2) is 22.9 Å². The summed E-state index contributed by atoms with van der Waals surface area (Å²) in [7, 11) is 1.58. The minimum atomic E-state index is -0.220. The molecule has 126 valence electrons. The Morgan fingerprint density at radius 1 is 1.04 bits per heavy atom. The maximum absolute atomic E-state index is 11.8. The van der Waals surface area contributed by atoms with Crippen LogP contribution in [0.15, 0.2) is 54.9 Å². The predicted molar refractivity (Wildman–Crippen MR) is 100 cm³/mol. The van der Waals surface area contributed by atoms with Crippen LogP contribution >= 0.6 is 0 Å². The number of rotatable bonds is 4. The van der Waals surface area contributed by atoms with Crippen molar-refractivity contribution in [1.82, 2.24) is 15.3 Å². The molecule has 0 saturated carbocycles. The van der Waals surface area contributed by atoms with E-state index in [4.69, 9.17) is 5.73 Å². The number of amides is 1. The summed E-state index contributed by atoms with van der Waals surface area (Å²) in [5.41, 5.74) is 12.1. The Balaban J connectivity index is 2.06. The fourth-order valence-corrected chi connectivity index (χ4v) is 2.77. The molecule has 1 amide bonds. The first kappa shape index (κ1) is 16.6. The number of nitrogens with one attached hydrogen (secondary N) is 1. The number of aromatic nitrogens is 2. The molecule has 0 bridgehead atoms. The average Bonchev–Trinajstić information content (AvgIpc) is 2.67. The zero-order valence-corrected chi connectivity index (χ0v) is 14.3. The lowest BCUT2D eigenvalue weighted by Gasteiger charge is -2.11. The molecule has 2 heterocycles. The molecule has 3 N–H and O–H groups in total. The molecule has 2 aromatic heterocycles. The summed E-state index contributed by atoms with van der Waals surface area (Å²) in [6.45, 7) is 2.12. The molecule has 0 saturated heterocycles. The highest BCUT2D eigenvalue weighted by atomic mass is 16.1. The van der Waals surface area contributed by atoms with Gasteiger partial charge in [0.1, 0.15) is 5.69 Å². The van der Waals surface area contributed by atoms with E-state index in [1.54, 1.807) is 25.5 Å². The van der Waals surface area contributed by atoms with Gasteiger partial charge in [0.15, 0.2) is 0 Å². The van der Waals surface area contributed by atoms with E-state index in [-0.39, 0.29) is 5.91 Å². The van der Waals surface area contributed by atoms with Crippen molar-refractivity contribution in [2.24, 2.45) is 0 Å². The molecule has 3 aromatic rings. The fraction of sp³-hybridized carbons (Fsp3) is 0.150. The molecule has 0 aliphatic heterocycles. The average molecular weight is 332 g/mol. The molecule has 3 rings (SSSR count). The summed E-state index contributed by atoms with van der Waals surface area (Å²) in [6.07, 6.45) is 4.31. The largest absolute Gasteiger partial charge is 0.399 e. The maximum atomic E-state index is 11.8. The Morgan fingerprint density at radius 2 is 1.80 bits per heavy atom. The molecule has 1 aromatic carbocycles. The van der Waals surface area contributed by atoms with Gasteiger partial charge in [-0.1, -0.05) is 13.0 Å². The van der Waals surface area contributed by atoms with Gasteiger partial charge in [-0.3, -0.25) is 14.8 Å². The highest BCUT2D eigenvalue weighted by molar-refractivity contribution is 5.93. The van der Waals surface area contributed by atoms with Crippen molar-refractivity contribution in [2.75, 3.05) is 12.8 Å². The summed E-state index contributed by atoms with van der Waals surface area (Å²) in [5, 5.41) is 2.58. The van der Waals surface area contributed by atoms with E-state index < -0.39 is 0 Å². The van der Waals surface area contributed by atoms with E-state index in [0.29, 0.717) is 5.69 Å². The first-order valence-corrected chi connectivity index (χ1v) is 8.15. The van der Waals surface area contributed by atoms with Crippen molar-refractivity contribution in [1.29, 1.82) is 0 Å². The van der Waals surface area contributed by atoms with Crippen LogP contribution in [0.2, 0.25) is 0 Å². The number of aryl methyl sites for hydroxylation is 1. The minimum Gasteiger partial charge on any atom is -0.399 e. The summed E-state index contributed by atoms with van der Waals surface area (Å²) >= 11 is 0. The van der Waals surface area contributed by atoms with Crippen LogP contribution in [0, 0.1) is 0 Å². The molecular formula is C20H20N4O. The number of hydrogen-bond donors (Lipinski definition) is 2. The van der Waals surface area contributed by atoms with E-state index in [1.165, 1.54) is 5.56 Å². The fourth-order valence-electron chi connectivity index (χ4n) is 2.77. The van der Waals surface area contributed by atoms with Gasteiger partial charge in [-0.2, -0.15) is 0 Å². The van der Waals surface area contributed by atoms with Crippen LogP contribution in [0.1, 0.15) is 23.0 Å². The topological polar surface area (TPSA) is 80.9 Å². The van der Waals surface area contributed by atoms with E-state index in [1.807, 2.05) is 30.3 Å². The van der Waals surface area contributed by atoms with Crippen LogP contribution in [0.25, 0.3) is 22.4 Å². The molecule has 0 aliphatic carbocycles. The van der Waals surface area contributed by atoms with Crippen molar-refractivity contribution in [2.45, 2.75) is 13.3 Å². The van der Waals surface area contributed by atoms with Gasteiger partial charge in [0.05, 0.1) is 5.69 Å². The number of hydrogen-bond acceptors (Lipinski definition) is 4. The monoisotopic (exact) mass is 332 g/mol. The van der Waals surface area contributed by atoms with E-state index >= 15 is 0 Å². The van der Waals surface area contributed by atoms with Crippen LogP contribution in [0.5, 0.6) is 0 Å². The molecule has 5 nitrogen and oxygen atoms in total. The molecule has 0 spiro atoms. The zero-order valence-electron chi connectivity index (χ0n) is 14.3. The van der Waals surface area contributed by atoms with Crippen molar-refractivity contribution >= 4 is 11.6 Å². The Morgan fingerprint density at radius 3 is 2.56 bits per heavy atom. The van der Waals surface area contributed by atoms with Crippen LogP contribution in [-0.2, 0) is 6.42 Å². The number of benzene rings is 1. The number of anilines is 1. The van der Waals surface area contributed by atoms with Gasteiger partial charge in [0.25, 0.3) is 5.91 Å². The lowest BCUT2D eigenvalue weighted by atomic mass is 9.97. The smallest absolute Gasteiger partial charge is 0.269 e. The number of nitrogen functional groups attached to an aromatic ring is 1.